The second-order valence-electron chi connectivity index (χ2n) is 13.7. The SMILES string of the molecule is c1ccc(-c2cccc3c2oc2c(N(c4ccc5cc(-c6cccc7c6oc6ccccc67)ccc5c4)c4cccc5ccccc45)cccc23)cc1. The first-order valence-electron chi connectivity index (χ1n) is 18.0. The molecule has 0 aliphatic rings. The normalized spacial score (nSPS) is 11.8. The number of anilines is 3. The van der Waals surface area contributed by atoms with E-state index in [1.54, 1.807) is 0 Å². The van der Waals surface area contributed by atoms with Gasteiger partial charge in [0.25, 0.3) is 0 Å². The van der Waals surface area contributed by atoms with E-state index in [9.17, 15) is 0 Å². The maximum absolute atomic E-state index is 6.96. The molecule has 0 radical (unpaired) electrons. The van der Waals surface area contributed by atoms with Crippen molar-refractivity contribution < 1.29 is 8.83 Å². The van der Waals surface area contributed by atoms with Crippen molar-refractivity contribution in [1.29, 1.82) is 0 Å². The molecule has 2 heterocycles. The smallest absolute Gasteiger partial charge is 0.159 e. The van der Waals surface area contributed by atoms with Gasteiger partial charge in [-0.25, -0.2) is 0 Å². The van der Waals surface area contributed by atoms with Crippen molar-refractivity contribution in [2.75, 3.05) is 4.90 Å². The Labute approximate surface area is 305 Å². The Bertz CT molecular complexity index is 3180. The molecule has 0 unspecified atom stereocenters. The van der Waals surface area contributed by atoms with Gasteiger partial charge in [0.15, 0.2) is 5.58 Å². The number of furan rings is 2. The second kappa shape index (κ2) is 11.7. The zero-order valence-electron chi connectivity index (χ0n) is 28.7. The first-order chi connectivity index (χ1) is 26.3. The van der Waals surface area contributed by atoms with Crippen molar-refractivity contribution in [2.24, 2.45) is 0 Å². The van der Waals surface area contributed by atoms with Crippen LogP contribution in [0.2, 0.25) is 0 Å². The van der Waals surface area contributed by atoms with Gasteiger partial charge in [-0.1, -0.05) is 152 Å². The van der Waals surface area contributed by atoms with E-state index in [1.807, 2.05) is 18.2 Å². The molecule has 248 valence electrons. The van der Waals surface area contributed by atoms with E-state index in [0.29, 0.717) is 0 Å². The van der Waals surface area contributed by atoms with Crippen LogP contribution in [-0.4, -0.2) is 0 Å². The van der Waals surface area contributed by atoms with Gasteiger partial charge < -0.3 is 13.7 Å². The van der Waals surface area contributed by atoms with Crippen molar-refractivity contribution in [1.82, 2.24) is 0 Å². The second-order valence-corrected chi connectivity index (χ2v) is 13.7. The summed E-state index contributed by atoms with van der Waals surface area (Å²) in [6.45, 7) is 0. The van der Waals surface area contributed by atoms with E-state index in [0.717, 1.165) is 94.0 Å². The number of hydrogen-bond acceptors (Lipinski definition) is 3. The fourth-order valence-electron chi connectivity index (χ4n) is 8.15. The topological polar surface area (TPSA) is 29.5 Å². The van der Waals surface area contributed by atoms with Gasteiger partial charge in [-0.15, -0.1) is 0 Å². The highest BCUT2D eigenvalue weighted by Crippen LogP contribution is 2.46. The predicted octanol–water partition coefficient (Wildman–Crippen LogP) is 14.6. The summed E-state index contributed by atoms with van der Waals surface area (Å²) in [6, 6.07) is 66.7. The van der Waals surface area contributed by atoms with Crippen LogP contribution in [0.15, 0.2) is 197 Å². The highest BCUT2D eigenvalue weighted by atomic mass is 16.3. The third-order valence-corrected chi connectivity index (χ3v) is 10.6. The molecule has 2 aromatic heterocycles. The van der Waals surface area contributed by atoms with Gasteiger partial charge in [0.05, 0.1) is 11.4 Å². The molecular weight excluding hydrogens is 647 g/mol. The lowest BCUT2D eigenvalue weighted by atomic mass is 9.98. The Morgan fingerprint density at radius 2 is 0.906 bits per heavy atom. The standard InChI is InChI=1S/C50H31NO2/c1-2-12-33(13-3-1)39-18-9-21-43-44-22-11-24-46(50(44)53-49(39)43)51(45-23-8-15-32-14-4-5-16-38(32)45)37-29-28-34-30-36(27-26-35(34)31-37)40-19-10-20-42-41-17-6-7-25-47(41)52-48(40)42/h1-31H. The van der Waals surface area contributed by atoms with Crippen LogP contribution < -0.4 is 4.90 Å². The van der Waals surface area contributed by atoms with E-state index < -0.39 is 0 Å². The first-order valence-corrected chi connectivity index (χ1v) is 18.0. The van der Waals surface area contributed by atoms with Crippen molar-refractivity contribution in [3.8, 4) is 22.3 Å². The Morgan fingerprint density at radius 1 is 0.321 bits per heavy atom. The van der Waals surface area contributed by atoms with Crippen molar-refractivity contribution >= 4 is 82.5 Å². The fraction of sp³-hybridized carbons (Fsp3) is 0. The Balaban J connectivity index is 1.11. The lowest BCUT2D eigenvalue weighted by molar-refractivity contribution is 0.669. The Hall–Kier alpha value is -7.10. The van der Waals surface area contributed by atoms with Gasteiger partial charge in [0.1, 0.15) is 16.7 Å². The molecule has 53 heavy (non-hydrogen) atoms. The number of nitrogens with zero attached hydrogens (tertiary/aromatic N) is 1. The molecule has 0 saturated heterocycles. The molecule has 11 aromatic rings. The third-order valence-electron chi connectivity index (χ3n) is 10.6. The summed E-state index contributed by atoms with van der Waals surface area (Å²) in [5.74, 6) is 0. The minimum Gasteiger partial charge on any atom is -0.455 e. The molecule has 0 spiro atoms. The number of benzene rings is 9. The Kier molecular flexibility index (Phi) is 6.55. The number of fused-ring (bicyclic) bond motifs is 8. The molecule has 11 rings (SSSR count). The third kappa shape index (κ3) is 4.68. The summed E-state index contributed by atoms with van der Waals surface area (Å²) in [5, 5.41) is 9.13. The van der Waals surface area contributed by atoms with Gasteiger partial charge >= 0.3 is 0 Å². The van der Waals surface area contributed by atoms with Crippen LogP contribution in [0.1, 0.15) is 0 Å². The molecule has 0 amide bonds. The molecule has 0 N–H and O–H groups in total. The maximum atomic E-state index is 6.96. The largest absolute Gasteiger partial charge is 0.455 e. The van der Waals surface area contributed by atoms with Crippen molar-refractivity contribution in [2.45, 2.75) is 0 Å². The number of rotatable bonds is 5. The molecule has 9 aromatic carbocycles. The highest BCUT2D eigenvalue weighted by molar-refractivity contribution is 6.15. The summed E-state index contributed by atoms with van der Waals surface area (Å²) in [5.41, 5.74) is 11.1. The molecule has 0 aliphatic carbocycles. The van der Waals surface area contributed by atoms with Crippen molar-refractivity contribution in [3.05, 3.63) is 188 Å². The molecule has 0 atom stereocenters. The van der Waals surface area contributed by atoms with Crippen LogP contribution in [0.5, 0.6) is 0 Å². The predicted molar refractivity (Wildman–Crippen MR) is 222 cm³/mol. The first kappa shape index (κ1) is 29.6. The van der Waals surface area contributed by atoms with Crippen LogP contribution in [0, 0.1) is 0 Å². The average Bonchev–Trinajstić information content (AvgIpc) is 3.80. The van der Waals surface area contributed by atoms with E-state index >= 15 is 0 Å². The van der Waals surface area contributed by atoms with Crippen molar-refractivity contribution in [3.63, 3.8) is 0 Å². The summed E-state index contributed by atoms with van der Waals surface area (Å²) >= 11 is 0. The summed E-state index contributed by atoms with van der Waals surface area (Å²) in [6.07, 6.45) is 0. The molecule has 0 aliphatic heterocycles. The van der Waals surface area contributed by atoms with Gasteiger partial charge in [-0.3, -0.25) is 0 Å². The number of hydrogen-bond donors (Lipinski definition) is 0. The van der Waals surface area contributed by atoms with Crippen LogP contribution in [0.4, 0.5) is 17.1 Å². The summed E-state index contributed by atoms with van der Waals surface area (Å²) in [4.78, 5) is 2.36. The lowest BCUT2D eigenvalue weighted by Crippen LogP contribution is -2.10. The van der Waals surface area contributed by atoms with Crippen LogP contribution in [-0.2, 0) is 0 Å². The highest BCUT2D eigenvalue weighted by Gasteiger charge is 2.22. The summed E-state index contributed by atoms with van der Waals surface area (Å²) < 4.78 is 13.4. The van der Waals surface area contributed by atoms with Gasteiger partial charge in [0, 0.05) is 43.7 Å². The lowest BCUT2D eigenvalue weighted by Gasteiger charge is -2.27. The zero-order valence-corrected chi connectivity index (χ0v) is 28.7. The monoisotopic (exact) mass is 677 g/mol. The minimum absolute atomic E-state index is 0.855. The van der Waals surface area contributed by atoms with E-state index in [2.05, 4.69) is 175 Å². The van der Waals surface area contributed by atoms with Crippen LogP contribution >= 0.6 is 0 Å². The van der Waals surface area contributed by atoms with E-state index in [4.69, 9.17) is 8.83 Å². The zero-order chi connectivity index (χ0) is 34.9. The maximum Gasteiger partial charge on any atom is 0.159 e. The van der Waals surface area contributed by atoms with Crippen LogP contribution in [0.25, 0.3) is 87.7 Å². The van der Waals surface area contributed by atoms with Gasteiger partial charge in [-0.05, 0) is 63.7 Å². The summed E-state index contributed by atoms with van der Waals surface area (Å²) in [7, 11) is 0. The average molecular weight is 678 g/mol. The molecular formula is C50H31NO2. The fourth-order valence-corrected chi connectivity index (χ4v) is 8.15. The van der Waals surface area contributed by atoms with Crippen LogP contribution in [0.3, 0.4) is 0 Å². The molecule has 3 nitrogen and oxygen atoms in total. The Morgan fingerprint density at radius 3 is 1.77 bits per heavy atom. The number of para-hydroxylation sites is 4. The molecule has 0 saturated carbocycles. The molecule has 3 heteroatoms. The quantitative estimate of drug-likeness (QED) is 0.182. The molecule has 0 fully saturated rings. The van der Waals surface area contributed by atoms with Gasteiger partial charge in [-0.2, -0.15) is 0 Å². The minimum atomic E-state index is 0.855. The van der Waals surface area contributed by atoms with Gasteiger partial charge in [0.2, 0.25) is 0 Å². The van der Waals surface area contributed by atoms with E-state index in [1.165, 1.54) is 10.8 Å². The molecule has 0 bridgehead atoms. The van der Waals surface area contributed by atoms with E-state index in [-0.39, 0.29) is 0 Å².